The maximum Gasteiger partial charge on any atom is 0.221 e. The molecule has 0 bridgehead atoms. The van der Waals surface area contributed by atoms with Crippen LogP contribution >= 0.6 is 11.6 Å². The summed E-state index contributed by atoms with van der Waals surface area (Å²) in [6.45, 7) is 5.22. The normalized spacial score (nSPS) is 13.3. The number of rotatable bonds is 6. The molecule has 1 N–H and O–H groups in total. The smallest absolute Gasteiger partial charge is 0.221 e. The minimum atomic E-state index is -0.149. The topological polar surface area (TPSA) is 54.5 Å². The predicted octanol–water partition coefficient (Wildman–Crippen LogP) is 5.23. The molecule has 3 aromatic rings. The average molecular weight is 460 g/mol. The molecule has 4 rings (SSSR count). The van der Waals surface area contributed by atoms with Crippen molar-refractivity contribution in [1.29, 1.82) is 0 Å². The van der Waals surface area contributed by atoms with Gasteiger partial charge in [-0.05, 0) is 73.8 Å². The minimum Gasteiger partial charge on any atom is -0.490 e. The first-order valence-electron chi connectivity index (χ1n) is 11.1. The Kier molecular flexibility index (Phi) is 7.62. The number of aromatic nitrogens is 1. The van der Waals surface area contributed by atoms with Gasteiger partial charge in [-0.1, -0.05) is 35.7 Å². The van der Waals surface area contributed by atoms with Gasteiger partial charge >= 0.3 is 0 Å². The monoisotopic (exact) mass is 459 g/mol. The Bertz CT molecular complexity index is 1160. The predicted molar refractivity (Wildman–Crippen MR) is 133 cm³/mol. The van der Waals surface area contributed by atoms with E-state index < -0.39 is 0 Å². The van der Waals surface area contributed by atoms with Gasteiger partial charge in [0.1, 0.15) is 18.1 Å². The van der Waals surface area contributed by atoms with Crippen LogP contribution in [0, 0.1) is 11.8 Å². The number of nitrogens with one attached hydrogen (secondary N) is 1. The van der Waals surface area contributed by atoms with Crippen molar-refractivity contribution in [3.63, 3.8) is 0 Å². The maximum absolute atomic E-state index is 11.7. The van der Waals surface area contributed by atoms with E-state index in [0.717, 1.165) is 36.3 Å². The highest BCUT2D eigenvalue weighted by Gasteiger charge is 2.12. The van der Waals surface area contributed by atoms with Crippen LogP contribution in [0.3, 0.4) is 0 Å². The third-order valence-corrected chi connectivity index (χ3v) is 5.68. The molecule has 0 aliphatic carbocycles. The molecule has 0 atom stereocenters. The molecule has 1 amide bonds. The van der Waals surface area contributed by atoms with E-state index in [1.807, 2.05) is 54.6 Å². The first kappa shape index (κ1) is 22.8. The van der Waals surface area contributed by atoms with Crippen molar-refractivity contribution in [3.8, 4) is 28.7 Å². The Hall–Kier alpha value is -3.33. The standard InChI is InChI=1S/C27H26ClN3O2/c1-20(32)30-26-18-21(5-13-27(26)33-17-16-31-14-2-3-15-31)4-11-25-12-8-23(19-29-25)22-6-9-24(28)10-7-22/h5-10,12-13,18-19H,2-3,14-17H2,1H3,(H,30,32). The lowest BCUT2D eigenvalue weighted by atomic mass is 10.1. The first-order valence-corrected chi connectivity index (χ1v) is 11.5. The van der Waals surface area contributed by atoms with Gasteiger partial charge in [0.25, 0.3) is 0 Å². The number of amides is 1. The van der Waals surface area contributed by atoms with Crippen LogP contribution in [-0.2, 0) is 4.79 Å². The molecule has 0 saturated carbocycles. The van der Waals surface area contributed by atoms with E-state index in [9.17, 15) is 4.79 Å². The SMILES string of the molecule is CC(=O)Nc1cc(C#Cc2ccc(-c3ccc(Cl)cc3)cn2)ccc1OCCN1CCCC1. The van der Waals surface area contributed by atoms with Gasteiger partial charge in [-0.25, -0.2) is 4.98 Å². The van der Waals surface area contributed by atoms with Crippen molar-refractivity contribution >= 4 is 23.2 Å². The second-order valence-corrected chi connectivity index (χ2v) is 8.41. The molecular weight excluding hydrogens is 434 g/mol. The van der Waals surface area contributed by atoms with Gasteiger partial charge in [-0.15, -0.1) is 0 Å². The molecule has 33 heavy (non-hydrogen) atoms. The number of likely N-dealkylation sites (tertiary alicyclic amines) is 1. The zero-order valence-electron chi connectivity index (χ0n) is 18.6. The Morgan fingerprint density at radius 3 is 2.52 bits per heavy atom. The second kappa shape index (κ2) is 11.0. The van der Waals surface area contributed by atoms with Crippen LogP contribution in [0.25, 0.3) is 11.1 Å². The molecule has 1 aliphatic rings. The lowest BCUT2D eigenvalue weighted by Gasteiger charge is -2.16. The fourth-order valence-corrected chi connectivity index (χ4v) is 3.85. The van der Waals surface area contributed by atoms with E-state index in [2.05, 4.69) is 27.0 Å². The first-order chi connectivity index (χ1) is 16.1. The number of anilines is 1. The summed E-state index contributed by atoms with van der Waals surface area (Å²) in [6.07, 6.45) is 4.31. The molecule has 2 aromatic carbocycles. The van der Waals surface area contributed by atoms with Gasteiger partial charge in [0.15, 0.2) is 0 Å². The third kappa shape index (κ3) is 6.58. The van der Waals surface area contributed by atoms with Crippen molar-refractivity contribution in [2.75, 3.05) is 31.6 Å². The number of hydrogen-bond acceptors (Lipinski definition) is 4. The van der Waals surface area contributed by atoms with E-state index in [1.165, 1.54) is 19.8 Å². The Balaban J connectivity index is 1.45. The maximum atomic E-state index is 11.7. The fourth-order valence-electron chi connectivity index (χ4n) is 3.73. The molecule has 1 fully saturated rings. The molecule has 6 heteroatoms. The van der Waals surface area contributed by atoms with Crippen LogP contribution in [0.5, 0.6) is 5.75 Å². The molecule has 168 valence electrons. The van der Waals surface area contributed by atoms with Gasteiger partial charge in [0.2, 0.25) is 5.91 Å². The van der Waals surface area contributed by atoms with E-state index in [4.69, 9.17) is 16.3 Å². The zero-order chi connectivity index (χ0) is 23.0. The van der Waals surface area contributed by atoms with Crippen LogP contribution < -0.4 is 10.1 Å². The number of halogens is 1. The second-order valence-electron chi connectivity index (χ2n) is 7.98. The van der Waals surface area contributed by atoms with Gasteiger partial charge in [0.05, 0.1) is 5.69 Å². The van der Waals surface area contributed by atoms with E-state index in [1.54, 1.807) is 6.20 Å². The van der Waals surface area contributed by atoms with Gasteiger partial charge in [-0.3, -0.25) is 9.69 Å². The van der Waals surface area contributed by atoms with E-state index >= 15 is 0 Å². The summed E-state index contributed by atoms with van der Waals surface area (Å²) in [5.74, 6) is 6.71. The average Bonchev–Trinajstić information content (AvgIpc) is 3.33. The highest BCUT2D eigenvalue weighted by Crippen LogP contribution is 2.26. The lowest BCUT2D eigenvalue weighted by molar-refractivity contribution is -0.114. The number of benzene rings is 2. The van der Waals surface area contributed by atoms with Crippen molar-refractivity contribution < 1.29 is 9.53 Å². The van der Waals surface area contributed by atoms with E-state index in [-0.39, 0.29) is 5.91 Å². The summed E-state index contributed by atoms with van der Waals surface area (Å²) in [5, 5.41) is 3.55. The summed E-state index contributed by atoms with van der Waals surface area (Å²) in [4.78, 5) is 18.5. The molecule has 0 radical (unpaired) electrons. The Morgan fingerprint density at radius 1 is 1.06 bits per heavy atom. The van der Waals surface area contributed by atoms with Crippen LogP contribution in [0.4, 0.5) is 5.69 Å². The Labute approximate surface area is 199 Å². The summed E-state index contributed by atoms with van der Waals surface area (Å²) >= 11 is 5.96. The Morgan fingerprint density at radius 2 is 1.82 bits per heavy atom. The largest absolute Gasteiger partial charge is 0.490 e. The molecule has 0 unspecified atom stereocenters. The number of pyridine rings is 1. The molecular formula is C27H26ClN3O2. The third-order valence-electron chi connectivity index (χ3n) is 5.43. The van der Waals surface area contributed by atoms with Crippen molar-refractivity contribution in [2.45, 2.75) is 19.8 Å². The number of nitrogens with zero attached hydrogens (tertiary/aromatic N) is 2. The zero-order valence-corrected chi connectivity index (χ0v) is 19.4. The number of carbonyl (C=O) groups is 1. The lowest BCUT2D eigenvalue weighted by Crippen LogP contribution is -2.25. The van der Waals surface area contributed by atoms with Crippen molar-refractivity contribution in [3.05, 3.63) is 77.1 Å². The van der Waals surface area contributed by atoms with Crippen LogP contribution in [-0.4, -0.2) is 42.0 Å². The summed E-state index contributed by atoms with van der Waals surface area (Å²) in [5.41, 5.74) is 4.11. The van der Waals surface area contributed by atoms with Gasteiger partial charge in [0, 0.05) is 35.8 Å². The highest BCUT2D eigenvalue weighted by atomic mass is 35.5. The molecule has 5 nitrogen and oxygen atoms in total. The number of carbonyl (C=O) groups excluding carboxylic acids is 1. The van der Waals surface area contributed by atoms with E-state index in [0.29, 0.717) is 28.8 Å². The minimum absolute atomic E-state index is 0.149. The van der Waals surface area contributed by atoms with Crippen LogP contribution in [0.1, 0.15) is 31.0 Å². The van der Waals surface area contributed by atoms with Crippen molar-refractivity contribution in [2.24, 2.45) is 0 Å². The van der Waals surface area contributed by atoms with Gasteiger partial charge in [-0.2, -0.15) is 0 Å². The molecule has 1 aromatic heterocycles. The highest BCUT2D eigenvalue weighted by molar-refractivity contribution is 6.30. The molecule has 1 saturated heterocycles. The van der Waals surface area contributed by atoms with Crippen LogP contribution in [0.2, 0.25) is 5.02 Å². The number of hydrogen-bond donors (Lipinski definition) is 1. The summed E-state index contributed by atoms with van der Waals surface area (Å²) in [6, 6.07) is 17.1. The van der Waals surface area contributed by atoms with Gasteiger partial charge < -0.3 is 10.1 Å². The molecule has 1 aliphatic heterocycles. The number of ether oxygens (including phenoxy) is 1. The quantitative estimate of drug-likeness (QED) is 0.512. The molecule has 2 heterocycles. The van der Waals surface area contributed by atoms with Crippen LogP contribution in [0.15, 0.2) is 60.8 Å². The van der Waals surface area contributed by atoms with Crippen molar-refractivity contribution in [1.82, 2.24) is 9.88 Å². The fraction of sp³-hybridized carbons (Fsp3) is 0.259. The summed E-state index contributed by atoms with van der Waals surface area (Å²) in [7, 11) is 0. The molecule has 0 spiro atoms. The summed E-state index contributed by atoms with van der Waals surface area (Å²) < 4.78 is 5.96.